The Morgan fingerprint density at radius 3 is 3.00 bits per heavy atom. The number of fused-ring (bicyclic) bond motifs is 1. The molecule has 0 saturated heterocycles. The largest absolute Gasteiger partial charge is 0.366 e. The van der Waals surface area contributed by atoms with E-state index >= 15 is 0 Å². The highest BCUT2D eigenvalue weighted by Gasteiger charge is 2.28. The second-order valence-electron chi connectivity index (χ2n) is 6.86. The molecule has 0 unspecified atom stereocenters. The number of amides is 1. The summed E-state index contributed by atoms with van der Waals surface area (Å²) < 4.78 is 1.84. The van der Waals surface area contributed by atoms with Gasteiger partial charge in [0.2, 0.25) is 0 Å². The lowest BCUT2D eigenvalue weighted by Crippen LogP contribution is -2.42. The Balaban J connectivity index is 1.72. The molecule has 1 amide bonds. The molecule has 0 aromatic carbocycles. The van der Waals surface area contributed by atoms with Gasteiger partial charge in [-0.2, -0.15) is 5.10 Å². The molecule has 132 valence electrons. The molecular formula is C18H24N6O. The Bertz CT molecular complexity index is 799. The summed E-state index contributed by atoms with van der Waals surface area (Å²) in [4.78, 5) is 17.0. The second-order valence-corrected chi connectivity index (χ2v) is 6.86. The fourth-order valence-corrected chi connectivity index (χ4v) is 3.72. The summed E-state index contributed by atoms with van der Waals surface area (Å²) in [5.74, 6) is 0.722. The van der Waals surface area contributed by atoms with Crippen molar-refractivity contribution >= 4 is 11.7 Å². The van der Waals surface area contributed by atoms with Gasteiger partial charge in [0.15, 0.2) is 0 Å². The number of hydrogen-bond acceptors (Lipinski definition) is 5. The summed E-state index contributed by atoms with van der Waals surface area (Å²) in [7, 11) is 0. The quantitative estimate of drug-likeness (QED) is 0.789. The molecule has 4 N–H and O–H groups in total. The van der Waals surface area contributed by atoms with Gasteiger partial charge in [0.1, 0.15) is 5.82 Å². The number of carbonyl (C=O) groups is 1. The van der Waals surface area contributed by atoms with Crippen molar-refractivity contribution in [1.82, 2.24) is 20.1 Å². The van der Waals surface area contributed by atoms with Crippen molar-refractivity contribution in [2.45, 2.75) is 57.8 Å². The smallest absolute Gasteiger partial charge is 0.254 e. The molecule has 1 aliphatic carbocycles. The molecule has 0 bridgehead atoms. The number of nitrogens with one attached hydrogen (secondary N) is 2. The van der Waals surface area contributed by atoms with Crippen LogP contribution < -0.4 is 16.4 Å². The van der Waals surface area contributed by atoms with Crippen LogP contribution in [0.1, 0.15) is 48.5 Å². The first kappa shape index (κ1) is 16.1. The average molecular weight is 340 g/mol. The maximum absolute atomic E-state index is 12.3. The van der Waals surface area contributed by atoms with Crippen molar-refractivity contribution in [3.8, 4) is 11.3 Å². The van der Waals surface area contributed by atoms with E-state index in [1.807, 2.05) is 23.9 Å². The van der Waals surface area contributed by atoms with Crippen molar-refractivity contribution in [2.75, 3.05) is 5.32 Å². The normalized spacial score (nSPS) is 22.6. The van der Waals surface area contributed by atoms with Gasteiger partial charge in [0.05, 0.1) is 17.5 Å². The van der Waals surface area contributed by atoms with E-state index in [9.17, 15) is 4.79 Å². The second kappa shape index (κ2) is 6.48. The molecule has 3 heterocycles. The maximum atomic E-state index is 12.3. The third-order valence-electron chi connectivity index (χ3n) is 5.15. The number of anilines is 1. The molecule has 2 aromatic rings. The summed E-state index contributed by atoms with van der Waals surface area (Å²) in [6.07, 6.45) is 8.18. The van der Waals surface area contributed by atoms with Gasteiger partial charge in [0.25, 0.3) is 5.91 Å². The number of rotatable bonds is 4. The van der Waals surface area contributed by atoms with E-state index in [-0.39, 0.29) is 18.0 Å². The molecule has 7 nitrogen and oxygen atoms in total. The highest BCUT2D eigenvalue weighted by molar-refractivity contribution is 6.04. The van der Waals surface area contributed by atoms with Gasteiger partial charge in [-0.25, -0.2) is 4.98 Å². The van der Waals surface area contributed by atoms with Crippen LogP contribution in [-0.2, 0) is 13.1 Å². The van der Waals surface area contributed by atoms with Crippen LogP contribution in [0.3, 0.4) is 0 Å². The summed E-state index contributed by atoms with van der Waals surface area (Å²) in [5.41, 5.74) is 9.46. The van der Waals surface area contributed by atoms with Gasteiger partial charge in [-0.05, 0) is 31.4 Å². The van der Waals surface area contributed by atoms with E-state index < -0.39 is 0 Å². The van der Waals surface area contributed by atoms with Crippen LogP contribution in [0, 0.1) is 0 Å². The summed E-state index contributed by atoms with van der Waals surface area (Å²) in [5, 5.41) is 10.7. The van der Waals surface area contributed by atoms with Gasteiger partial charge in [-0.1, -0.05) is 12.8 Å². The van der Waals surface area contributed by atoms with Crippen molar-refractivity contribution in [3.05, 3.63) is 29.6 Å². The van der Waals surface area contributed by atoms with Crippen molar-refractivity contribution < 1.29 is 4.79 Å². The van der Waals surface area contributed by atoms with E-state index in [0.29, 0.717) is 17.8 Å². The standard InChI is InChI=1S/C18H24N6O/c1-2-24-10-12(9-21-24)17-16-11(8-20-18(16)25)7-15(23-17)22-14-6-4-3-5-13(14)19/h7,9-10,13-14H,2-6,8,19H2,1H3,(H,20,25)(H,22,23)/t13-,14+/m0/s1. The first-order valence-electron chi connectivity index (χ1n) is 9.02. The van der Waals surface area contributed by atoms with Crippen molar-refractivity contribution in [1.29, 1.82) is 0 Å². The lowest BCUT2D eigenvalue weighted by Gasteiger charge is -2.30. The van der Waals surface area contributed by atoms with Crippen molar-refractivity contribution in [2.24, 2.45) is 5.73 Å². The zero-order chi connectivity index (χ0) is 17.4. The number of aromatic nitrogens is 3. The zero-order valence-electron chi connectivity index (χ0n) is 14.5. The highest BCUT2D eigenvalue weighted by atomic mass is 16.1. The van der Waals surface area contributed by atoms with Crippen LogP contribution in [0.2, 0.25) is 0 Å². The molecule has 7 heteroatoms. The molecule has 4 rings (SSSR count). The molecule has 1 aliphatic heterocycles. The average Bonchev–Trinajstić information content (AvgIpc) is 3.24. The van der Waals surface area contributed by atoms with Gasteiger partial charge in [-0.3, -0.25) is 9.48 Å². The number of carbonyl (C=O) groups excluding carboxylic acids is 1. The van der Waals surface area contributed by atoms with Gasteiger partial charge < -0.3 is 16.4 Å². The Hall–Kier alpha value is -2.41. The molecule has 2 atom stereocenters. The van der Waals surface area contributed by atoms with Crippen LogP contribution in [0.4, 0.5) is 5.82 Å². The third kappa shape index (κ3) is 3.00. The highest BCUT2D eigenvalue weighted by Crippen LogP contribution is 2.30. The van der Waals surface area contributed by atoms with E-state index in [2.05, 4.69) is 15.7 Å². The van der Waals surface area contributed by atoms with Gasteiger partial charge in [-0.15, -0.1) is 0 Å². The SMILES string of the molecule is CCn1cc(-c2nc(N[C@@H]3CCCC[C@@H]3N)cc3c2C(=O)NC3)cn1. The summed E-state index contributed by atoms with van der Waals surface area (Å²) in [6, 6.07) is 2.35. The van der Waals surface area contributed by atoms with Gasteiger partial charge in [0, 0.05) is 36.9 Å². The van der Waals surface area contributed by atoms with Crippen molar-refractivity contribution in [3.63, 3.8) is 0 Å². The molecule has 0 spiro atoms. The molecule has 2 aliphatic rings. The maximum Gasteiger partial charge on any atom is 0.254 e. The monoisotopic (exact) mass is 340 g/mol. The minimum atomic E-state index is -0.0670. The van der Waals surface area contributed by atoms with Crippen LogP contribution in [-0.4, -0.2) is 32.8 Å². The first-order chi connectivity index (χ1) is 12.2. The van der Waals surface area contributed by atoms with E-state index in [0.717, 1.165) is 36.3 Å². The first-order valence-corrected chi connectivity index (χ1v) is 9.02. The van der Waals surface area contributed by atoms with Gasteiger partial charge >= 0.3 is 0 Å². The summed E-state index contributed by atoms with van der Waals surface area (Å²) in [6.45, 7) is 3.35. The van der Waals surface area contributed by atoms with Crippen LogP contribution in [0.15, 0.2) is 18.5 Å². The topological polar surface area (TPSA) is 97.9 Å². The van der Waals surface area contributed by atoms with Crippen LogP contribution in [0.5, 0.6) is 0 Å². The van der Waals surface area contributed by atoms with E-state index in [4.69, 9.17) is 10.7 Å². The molecule has 1 fully saturated rings. The number of nitrogens with zero attached hydrogens (tertiary/aromatic N) is 3. The minimum Gasteiger partial charge on any atom is -0.366 e. The molecule has 1 saturated carbocycles. The van der Waals surface area contributed by atoms with E-state index in [1.54, 1.807) is 6.20 Å². The fourth-order valence-electron chi connectivity index (χ4n) is 3.72. The molecule has 25 heavy (non-hydrogen) atoms. The summed E-state index contributed by atoms with van der Waals surface area (Å²) >= 11 is 0. The Morgan fingerprint density at radius 1 is 1.40 bits per heavy atom. The molecule has 0 radical (unpaired) electrons. The lowest BCUT2D eigenvalue weighted by molar-refractivity contribution is 0.0966. The Morgan fingerprint density at radius 2 is 2.24 bits per heavy atom. The zero-order valence-corrected chi connectivity index (χ0v) is 14.5. The number of nitrogens with two attached hydrogens (primary N) is 1. The molecular weight excluding hydrogens is 316 g/mol. The predicted octanol–water partition coefficient (Wildman–Crippen LogP) is 1.89. The third-order valence-corrected chi connectivity index (χ3v) is 5.15. The van der Waals surface area contributed by atoms with Crippen LogP contribution >= 0.6 is 0 Å². The minimum absolute atomic E-state index is 0.0670. The Kier molecular flexibility index (Phi) is 4.17. The van der Waals surface area contributed by atoms with Crippen LogP contribution in [0.25, 0.3) is 11.3 Å². The lowest BCUT2D eigenvalue weighted by atomic mass is 9.91. The fraction of sp³-hybridized carbons (Fsp3) is 0.500. The molecule has 2 aromatic heterocycles. The number of pyridine rings is 1. The van der Waals surface area contributed by atoms with E-state index in [1.165, 1.54) is 12.8 Å². The predicted molar refractivity (Wildman–Crippen MR) is 96.2 cm³/mol. The number of aryl methyl sites for hydroxylation is 1. The Labute approximate surface area is 147 Å². The number of hydrogen-bond donors (Lipinski definition) is 3.